The van der Waals surface area contributed by atoms with Gasteiger partial charge in [0, 0.05) is 41.7 Å². The summed E-state index contributed by atoms with van der Waals surface area (Å²) in [5, 5.41) is 11.2. The van der Waals surface area contributed by atoms with Crippen LogP contribution in [0.5, 0.6) is 0 Å². The second-order valence-corrected chi connectivity index (χ2v) is 11.7. The van der Waals surface area contributed by atoms with Crippen LogP contribution in [0.4, 0.5) is 0 Å². The molecule has 3 heterocycles. The molecule has 0 radical (unpaired) electrons. The SMILES string of the molecule is OC1CCCC(N2CCC(N3CCCC(N4CCCC(S)C4)CC3)CC(S)C2)C1. The first-order valence-electron chi connectivity index (χ1n) is 12.3. The highest BCUT2D eigenvalue weighted by atomic mass is 32.1. The van der Waals surface area contributed by atoms with Gasteiger partial charge in [-0.2, -0.15) is 25.3 Å². The normalized spacial score (nSPS) is 42.3. The summed E-state index contributed by atoms with van der Waals surface area (Å²) in [4.78, 5) is 8.22. The summed E-state index contributed by atoms with van der Waals surface area (Å²) in [6, 6.07) is 2.04. The molecule has 4 nitrogen and oxygen atoms in total. The van der Waals surface area contributed by atoms with Crippen LogP contribution in [0, 0.1) is 0 Å². The lowest BCUT2D eigenvalue weighted by atomic mass is 9.91. The van der Waals surface area contributed by atoms with Crippen molar-refractivity contribution in [2.45, 2.75) is 105 Å². The van der Waals surface area contributed by atoms with Crippen LogP contribution in [-0.2, 0) is 0 Å². The number of piperidine rings is 1. The van der Waals surface area contributed by atoms with Crippen molar-refractivity contribution in [3.05, 3.63) is 0 Å². The molecule has 29 heavy (non-hydrogen) atoms. The molecule has 6 atom stereocenters. The molecule has 1 aliphatic carbocycles. The minimum absolute atomic E-state index is 0.0830. The van der Waals surface area contributed by atoms with Crippen LogP contribution < -0.4 is 0 Å². The van der Waals surface area contributed by atoms with Crippen molar-refractivity contribution in [3.8, 4) is 0 Å². The largest absolute Gasteiger partial charge is 0.393 e. The number of hydrogen-bond donors (Lipinski definition) is 3. The number of aliphatic hydroxyl groups is 1. The van der Waals surface area contributed by atoms with E-state index in [1.54, 1.807) is 0 Å². The van der Waals surface area contributed by atoms with Crippen LogP contribution in [0.25, 0.3) is 0 Å². The van der Waals surface area contributed by atoms with Gasteiger partial charge in [-0.15, -0.1) is 0 Å². The Morgan fingerprint density at radius 3 is 2.00 bits per heavy atom. The van der Waals surface area contributed by atoms with E-state index in [0.29, 0.717) is 22.6 Å². The highest BCUT2D eigenvalue weighted by Gasteiger charge is 2.33. The number of aliphatic hydroxyl groups excluding tert-OH is 1. The van der Waals surface area contributed by atoms with Gasteiger partial charge in [0.25, 0.3) is 0 Å². The summed E-state index contributed by atoms with van der Waals surface area (Å²) in [5.41, 5.74) is 0. The summed E-state index contributed by atoms with van der Waals surface area (Å²) in [5.74, 6) is 0. The molecule has 0 aromatic heterocycles. The average Bonchev–Trinajstić information content (AvgIpc) is 3.06. The number of hydrogen-bond acceptors (Lipinski definition) is 6. The van der Waals surface area contributed by atoms with E-state index in [1.807, 2.05) is 0 Å². The number of thiol groups is 2. The molecule has 0 aromatic rings. The van der Waals surface area contributed by atoms with Crippen molar-refractivity contribution in [1.29, 1.82) is 0 Å². The molecule has 4 aliphatic rings. The maximum absolute atomic E-state index is 10.1. The van der Waals surface area contributed by atoms with Gasteiger partial charge in [0.1, 0.15) is 0 Å². The van der Waals surface area contributed by atoms with Gasteiger partial charge in [0.2, 0.25) is 0 Å². The van der Waals surface area contributed by atoms with E-state index in [1.165, 1.54) is 90.5 Å². The Labute approximate surface area is 189 Å². The van der Waals surface area contributed by atoms with E-state index in [0.717, 1.165) is 25.4 Å². The first-order chi connectivity index (χ1) is 14.1. The predicted octanol–water partition coefficient (Wildman–Crippen LogP) is 3.30. The van der Waals surface area contributed by atoms with Gasteiger partial charge >= 0.3 is 0 Å². The molecular formula is C23H43N3OS2. The Bertz CT molecular complexity index is 511. The number of rotatable bonds is 3. The lowest BCUT2D eigenvalue weighted by Gasteiger charge is -2.37. The molecule has 0 spiro atoms. The molecular weight excluding hydrogens is 398 g/mol. The summed E-state index contributed by atoms with van der Waals surface area (Å²) in [6.07, 6.45) is 13.5. The molecule has 168 valence electrons. The highest BCUT2D eigenvalue weighted by molar-refractivity contribution is 7.81. The molecule has 0 bridgehead atoms. The summed E-state index contributed by atoms with van der Waals surface area (Å²) in [6.45, 7) is 7.29. The van der Waals surface area contributed by atoms with Gasteiger partial charge in [0.15, 0.2) is 0 Å². The summed E-state index contributed by atoms with van der Waals surface area (Å²) in [7, 11) is 0. The van der Waals surface area contributed by atoms with E-state index in [4.69, 9.17) is 25.3 Å². The first-order valence-corrected chi connectivity index (χ1v) is 13.4. The van der Waals surface area contributed by atoms with Crippen molar-refractivity contribution in [3.63, 3.8) is 0 Å². The fourth-order valence-corrected chi connectivity index (χ4v) is 7.31. The van der Waals surface area contributed by atoms with Crippen LogP contribution in [-0.4, -0.2) is 93.8 Å². The Hall–Kier alpha value is 0.540. The minimum atomic E-state index is -0.0830. The lowest BCUT2D eigenvalue weighted by Crippen LogP contribution is -2.44. The van der Waals surface area contributed by atoms with Gasteiger partial charge in [-0.05, 0) is 96.8 Å². The van der Waals surface area contributed by atoms with Crippen molar-refractivity contribution in [2.24, 2.45) is 0 Å². The third-order valence-electron chi connectivity index (χ3n) is 8.07. The smallest absolute Gasteiger partial charge is 0.0555 e. The summed E-state index contributed by atoms with van der Waals surface area (Å²) >= 11 is 9.77. The second kappa shape index (κ2) is 10.9. The second-order valence-electron chi connectivity index (χ2n) is 10.2. The van der Waals surface area contributed by atoms with Crippen molar-refractivity contribution < 1.29 is 5.11 Å². The van der Waals surface area contributed by atoms with Crippen LogP contribution in [0.2, 0.25) is 0 Å². The van der Waals surface area contributed by atoms with Crippen LogP contribution in [0.15, 0.2) is 0 Å². The monoisotopic (exact) mass is 441 g/mol. The van der Waals surface area contributed by atoms with Crippen molar-refractivity contribution >= 4 is 25.3 Å². The molecule has 4 fully saturated rings. The quantitative estimate of drug-likeness (QED) is 0.587. The van der Waals surface area contributed by atoms with Crippen molar-refractivity contribution in [2.75, 3.05) is 39.3 Å². The van der Waals surface area contributed by atoms with Crippen molar-refractivity contribution in [1.82, 2.24) is 14.7 Å². The minimum Gasteiger partial charge on any atom is -0.393 e. The van der Waals surface area contributed by atoms with Gasteiger partial charge in [0.05, 0.1) is 6.10 Å². The third kappa shape index (κ3) is 6.29. The molecule has 6 heteroatoms. The average molecular weight is 442 g/mol. The molecule has 4 rings (SSSR count). The first kappa shape index (κ1) is 22.7. The zero-order valence-electron chi connectivity index (χ0n) is 18.2. The highest BCUT2D eigenvalue weighted by Crippen LogP contribution is 2.30. The zero-order chi connectivity index (χ0) is 20.2. The van der Waals surface area contributed by atoms with Crippen LogP contribution in [0.3, 0.4) is 0 Å². The van der Waals surface area contributed by atoms with Gasteiger partial charge in [-0.3, -0.25) is 9.80 Å². The van der Waals surface area contributed by atoms with E-state index in [9.17, 15) is 5.11 Å². The van der Waals surface area contributed by atoms with E-state index in [-0.39, 0.29) is 6.10 Å². The molecule has 3 saturated heterocycles. The topological polar surface area (TPSA) is 30.0 Å². The van der Waals surface area contributed by atoms with E-state index in [2.05, 4.69) is 14.7 Å². The van der Waals surface area contributed by atoms with Crippen LogP contribution in [0.1, 0.15) is 70.6 Å². The molecule has 0 aromatic carbocycles. The fourth-order valence-electron chi connectivity index (χ4n) is 6.46. The molecule has 1 saturated carbocycles. The maximum atomic E-state index is 10.1. The Morgan fingerprint density at radius 2 is 1.17 bits per heavy atom. The lowest BCUT2D eigenvalue weighted by molar-refractivity contribution is 0.0623. The van der Waals surface area contributed by atoms with Gasteiger partial charge < -0.3 is 10.0 Å². The van der Waals surface area contributed by atoms with E-state index < -0.39 is 0 Å². The number of likely N-dealkylation sites (tertiary alicyclic amines) is 3. The molecule has 0 amide bonds. The number of nitrogens with zero attached hydrogens (tertiary/aromatic N) is 3. The Balaban J connectivity index is 1.30. The van der Waals surface area contributed by atoms with Gasteiger partial charge in [-0.1, -0.05) is 0 Å². The Kier molecular flexibility index (Phi) is 8.55. The molecule has 6 unspecified atom stereocenters. The summed E-state index contributed by atoms with van der Waals surface area (Å²) < 4.78 is 0. The Morgan fingerprint density at radius 1 is 0.552 bits per heavy atom. The van der Waals surface area contributed by atoms with Crippen LogP contribution >= 0.6 is 25.3 Å². The maximum Gasteiger partial charge on any atom is 0.0555 e. The van der Waals surface area contributed by atoms with E-state index >= 15 is 0 Å². The molecule has 3 aliphatic heterocycles. The standard InChI is InChI=1S/C23H43N3OS2/c27-21-6-1-4-19(14-21)26-13-9-20(15-23(29)17-26)24-10-2-5-18(8-12-24)25-11-3-7-22(28)16-25/h18-23,27-29H,1-17H2. The molecule has 1 N–H and O–H groups in total. The zero-order valence-corrected chi connectivity index (χ0v) is 20.0. The predicted molar refractivity (Wildman–Crippen MR) is 128 cm³/mol. The van der Waals surface area contributed by atoms with Gasteiger partial charge in [-0.25, -0.2) is 0 Å². The fraction of sp³-hybridized carbons (Fsp3) is 1.00. The third-order valence-corrected chi connectivity index (χ3v) is 8.86.